The summed E-state index contributed by atoms with van der Waals surface area (Å²) < 4.78 is 0.560. The lowest BCUT2D eigenvalue weighted by Crippen LogP contribution is -2.23. The second-order valence-electron chi connectivity index (χ2n) is 5.14. The van der Waals surface area contributed by atoms with Gasteiger partial charge in [0.05, 0.1) is 11.7 Å². The molecule has 1 atom stereocenters. The molecule has 0 amide bonds. The normalized spacial score (nSPS) is 13.5. The lowest BCUT2D eigenvalue weighted by molar-refractivity contribution is 0.373. The Kier molecular flexibility index (Phi) is 5.24. The van der Waals surface area contributed by atoms with Crippen molar-refractivity contribution in [1.82, 2.24) is 9.97 Å². The number of anilines is 1. The lowest BCUT2D eigenvalue weighted by atomic mass is 9.90. The van der Waals surface area contributed by atoms with E-state index in [2.05, 4.69) is 36.1 Å². The van der Waals surface area contributed by atoms with Crippen LogP contribution < -0.4 is 10.9 Å². The highest BCUT2D eigenvalue weighted by Gasteiger charge is 2.17. The first kappa shape index (κ1) is 14.8. The van der Waals surface area contributed by atoms with Crippen LogP contribution in [0.2, 0.25) is 0 Å². The van der Waals surface area contributed by atoms with Crippen molar-refractivity contribution in [2.24, 2.45) is 5.41 Å². The second kappa shape index (κ2) is 6.04. The Morgan fingerprint density at radius 1 is 1.59 bits per heavy atom. The third kappa shape index (κ3) is 5.25. The number of H-pyrrole nitrogens is 1. The number of rotatable bonds is 4. The fraction of sp³-hybridized carbons (Fsp3) is 0.636. The molecule has 1 unspecified atom stereocenters. The molecule has 17 heavy (non-hydrogen) atoms. The van der Waals surface area contributed by atoms with Crippen molar-refractivity contribution in [3.63, 3.8) is 0 Å². The van der Waals surface area contributed by atoms with Crippen LogP contribution in [0.25, 0.3) is 0 Å². The Morgan fingerprint density at radius 2 is 2.24 bits per heavy atom. The molecular weight excluding hydrogens is 352 g/mol. The summed E-state index contributed by atoms with van der Waals surface area (Å²) >= 11 is 8.20. The van der Waals surface area contributed by atoms with Crippen molar-refractivity contribution >= 4 is 40.0 Å². The number of nitrogens with zero attached hydrogens (tertiary/aromatic N) is 1. The number of aromatic amines is 1. The van der Waals surface area contributed by atoms with Gasteiger partial charge in [-0.15, -0.1) is 11.6 Å². The monoisotopic (exact) mass is 369 g/mol. The molecule has 0 aliphatic heterocycles. The van der Waals surface area contributed by atoms with Crippen LogP contribution in [0, 0.1) is 8.99 Å². The van der Waals surface area contributed by atoms with E-state index in [0.717, 1.165) is 6.42 Å². The molecule has 0 bridgehead atoms. The lowest BCUT2D eigenvalue weighted by Gasteiger charge is -2.22. The zero-order valence-corrected chi connectivity index (χ0v) is 13.1. The molecule has 1 aromatic heterocycles. The standard InChI is InChI=1S/C11H17ClIN3O/c1-11(2,3)4-7(12)5-14-9-8(13)10(17)16-6-15-9/h6-7H,4-5H2,1-3H3,(H2,14,15,16,17). The first-order valence-corrected chi connectivity index (χ1v) is 6.92. The average molecular weight is 370 g/mol. The van der Waals surface area contributed by atoms with E-state index in [9.17, 15) is 4.79 Å². The molecule has 1 heterocycles. The van der Waals surface area contributed by atoms with E-state index in [-0.39, 0.29) is 16.4 Å². The third-order valence-electron chi connectivity index (χ3n) is 2.12. The average Bonchev–Trinajstić information content (AvgIpc) is 2.18. The number of halogens is 2. The smallest absolute Gasteiger partial charge is 0.266 e. The number of aromatic nitrogens is 2. The van der Waals surface area contributed by atoms with E-state index in [4.69, 9.17) is 11.6 Å². The van der Waals surface area contributed by atoms with Crippen LogP contribution in [-0.2, 0) is 0 Å². The summed E-state index contributed by atoms with van der Waals surface area (Å²) in [6.07, 6.45) is 2.29. The van der Waals surface area contributed by atoms with Gasteiger partial charge in [0, 0.05) is 6.54 Å². The van der Waals surface area contributed by atoms with E-state index < -0.39 is 0 Å². The summed E-state index contributed by atoms with van der Waals surface area (Å²) in [5, 5.41) is 3.13. The fourth-order valence-electron chi connectivity index (χ4n) is 1.45. The Bertz CT molecular complexity index is 427. The van der Waals surface area contributed by atoms with Crippen molar-refractivity contribution in [3.05, 3.63) is 20.3 Å². The molecule has 0 aliphatic carbocycles. The van der Waals surface area contributed by atoms with Gasteiger partial charge in [-0.3, -0.25) is 4.79 Å². The molecule has 0 saturated heterocycles. The predicted molar refractivity (Wildman–Crippen MR) is 79.8 cm³/mol. The van der Waals surface area contributed by atoms with Crippen LogP contribution in [-0.4, -0.2) is 21.9 Å². The van der Waals surface area contributed by atoms with Crippen molar-refractivity contribution in [2.75, 3.05) is 11.9 Å². The third-order valence-corrected chi connectivity index (χ3v) is 3.43. The van der Waals surface area contributed by atoms with Crippen LogP contribution >= 0.6 is 34.2 Å². The first-order chi connectivity index (χ1) is 7.79. The molecule has 0 fully saturated rings. The highest BCUT2D eigenvalue weighted by Crippen LogP contribution is 2.23. The van der Waals surface area contributed by atoms with E-state index in [1.54, 1.807) is 0 Å². The van der Waals surface area contributed by atoms with Gasteiger partial charge < -0.3 is 10.3 Å². The molecule has 0 spiro atoms. The highest BCUT2D eigenvalue weighted by molar-refractivity contribution is 14.1. The number of nitrogens with one attached hydrogen (secondary N) is 2. The summed E-state index contributed by atoms with van der Waals surface area (Å²) in [5.41, 5.74) is 0.0630. The highest BCUT2D eigenvalue weighted by atomic mass is 127. The van der Waals surface area contributed by atoms with Gasteiger partial charge >= 0.3 is 0 Å². The molecule has 4 nitrogen and oxygen atoms in total. The van der Waals surface area contributed by atoms with Gasteiger partial charge in [0.25, 0.3) is 5.56 Å². The molecule has 0 aromatic carbocycles. The van der Waals surface area contributed by atoms with Crippen molar-refractivity contribution in [1.29, 1.82) is 0 Å². The van der Waals surface area contributed by atoms with Crippen LogP contribution in [0.3, 0.4) is 0 Å². The van der Waals surface area contributed by atoms with Gasteiger partial charge in [-0.05, 0) is 34.4 Å². The fourth-order valence-corrected chi connectivity index (χ4v) is 2.48. The molecule has 6 heteroatoms. The minimum Gasteiger partial charge on any atom is -0.367 e. The Hall–Kier alpha value is -0.300. The summed E-state index contributed by atoms with van der Waals surface area (Å²) in [7, 11) is 0. The van der Waals surface area contributed by atoms with Crippen LogP contribution in [0.1, 0.15) is 27.2 Å². The van der Waals surface area contributed by atoms with E-state index in [0.29, 0.717) is 15.9 Å². The summed E-state index contributed by atoms with van der Waals surface area (Å²) in [4.78, 5) is 17.9. The molecule has 0 radical (unpaired) electrons. The van der Waals surface area contributed by atoms with Crippen molar-refractivity contribution in [3.8, 4) is 0 Å². The summed E-state index contributed by atoms with van der Waals surface area (Å²) in [6.45, 7) is 7.05. The van der Waals surface area contributed by atoms with E-state index >= 15 is 0 Å². The van der Waals surface area contributed by atoms with Gasteiger partial charge in [0.15, 0.2) is 0 Å². The number of hydrogen-bond donors (Lipinski definition) is 2. The molecule has 96 valence electrons. The SMILES string of the molecule is CC(C)(C)CC(Cl)CNc1nc[nH]c(=O)c1I. The molecule has 0 saturated carbocycles. The van der Waals surface area contributed by atoms with Crippen LogP contribution in [0.4, 0.5) is 5.82 Å². The molecule has 1 rings (SSSR count). The largest absolute Gasteiger partial charge is 0.367 e. The Labute approximate surface area is 120 Å². The molecular formula is C11H17ClIN3O. The van der Waals surface area contributed by atoms with E-state index in [1.165, 1.54) is 6.33 Å². The second-order valence-corrected chi connectivity index (χ2v) is 6.83. The maximum absolute atomic E-state index is 11.3. The number of alkyl halides is 1. The van der Waals surface area contributed by atoms with Gasteiger partial charge in [-0.25, -0.2) is 4.98 Å². The summed E-state index contributed by atoms with van der Waals surface area (Å²) in [5.74, 6) is 0.592. The van der Waals surface area contributed by atoms with Crippen LogP contribution in [0.15, 0.2) is 11.1 Å². The maximum Gasteiger partial charge on any atom is 0.266 e. The van der Waals surface area contributed by atoms with Gasteiger partial charge in [0.2, 0.25) is 0 Å². The minimum absolute atomic E-state index is 0.0203. The minimum atomic E-state index is -0.134. The zero-order chi connectivity index (χ0) is 13.1. The number of hydrogen-bond acceptors (Lipinski definition) is 3. The summed E-state index contributed by atoms with van der Waals surface area (Å²) in [6, 6.07) is 0. The van der Waals surface area contributed by atoms with E-state index in [1.807, 2.05) is 22.6 Å². The van der Waals surface area contributed by atoms with Crippen LogP contribution in [0.5, 0.6) is 0 Å². The van der Waals surface area contributed by atoms with Crippen molar-refractivity contribution in [2.45, 2.75) is 32.6 Å². The van der Waals surface area contributed by atoms with Gasteiger partial charge in [0.1, 0.15) is 9.39 Å². The zero-order valence-electron chi connectivity index (χ0n) is 10.2. The van der Waals surface area contributed by atoms with Gasteiger partial charge in [-0.2, -0.15) is 0 Å². The van der Waals surface area contributed by atoms with Gasteiger partial charge in [-0.1, -0.05) is 20.8 Å². The molecule has 1 aromatic rings. The Morgan fingerprint density at radius 3 is 2.82 bits per heavy atom. The van der Waals surface area contributed by atoms with Crippen molar-refractivity contribution < 1.29 is 0 Å². The predicted octanol–water partition coefficient (Wildman–Crippen LogP) is 2.83. The molecule has 2 N–H and O–H groups in total. The maximum atomic E-state index is 11.3. The quantitative estimate of drug-likeness (QED) is 0.634. The topological polar surface area (TPSA) is 57.8 Å². The molecule has 0 aliphatic rings. The Balaban J connectivity index is 2.56. The first-order valence-electron chi connectivity index (χ1n) is 5.41.